The van der Waals surface area contributed by atoms with E-state index in [0.717, 1.165) is 59.2 Å². The third-order valence-corrected chi connectivity index (χ3v) is 8.21. The van der Waals surface area contributed by atoms with Gasteiger partial charge in [-0.15, -0.1) is 0 Å². The number of hydrogen-bond acceptors (Lipinski definition) is 4. The molecule has 6 rings (SSSR count). The van der Waals surface area contributed by atoms with E-state index in [1.54, 1.807) is 4.90 Å². The van der Waals surface area contributed by atoms with Gasteiger partial charge in [-0.05, 0) is 73.1 Å². The summed E-state index contributed by atoms with van der Waals surface area (Å²) >= 11 is 0. The number of amides is 2. The number of aromatic amines is 1. The molecule has 1 aromatic heterocycles. The number of H-pyrrole nitrogens is 1. The van der Waals surface area contributed by atoms with Crippen LogP contribution in [0.2, 0.25) is 0 Å². The summed E-state index contributed by atoms with van der Waals surface area (Å²) in [7, 11) is 0. The first-order valence-corrected chi connectivity index (χ1v) is 14.1. The second kappa shape index (κ2) is 11.3. The fourth-order valence-electron chi connectivity index (χ4n) is 6.13. The smallest absolute Gasteiger partial charge is 0.240 e. The lowest BCUT2D eigenvalue weighted by molar-refractivity contribution is -0.127. The van der Waals surface area contributed by atoms with E-state index < -0.39 is 0 Å². The summed E-state index contributed by atoms with van der Waals surface area (Å²) in [5, 5.41) is 6.32. The van der Waals surface area contributed by atoms with Gasteiger partial charge in [-0.1, -0.05) is 61.7 Å². The molecule has 1 fully saturated rings. The second-order valence-electron chi connectivity index (χ2n) is 10.8. The molecule has 3 aromatic carbocycles. The molecule has 2 heterocycles. The first-order valence-electron chi connectivity index (χ1n) is 14.1. The monoisotopic (exact) mass is 521 g/mol. The topological polar surface area (TPSA) is 90.1 Å². The third-order valence-electron chi connectivity index (χ3n) is 8.21. The number of carbonyl (C=O) groups excluding carboxylic acids is 2. The molecule has 39 heavy (non-hydrogen) atoms. The van der Waals surface area contributed by atoms with Crippen molar-refractivity contribution in [2.75, 3.05) is 16.8 Å². The van der Waals surface area contributed by atoms with E-state index in [-0.39, 0.29) is 24.3 Å². The fraction of sp³-hybridized carbons (Fsp3) is 0.344. The molecule has 7 heteroatoms. The van der Waals surface area contributed by atoms with Crippen molar-refractivity contribution in [2.45, 2.75) is 51.5 Å². The number of para-hydroxylation sites is 3. The first-order chi connectivity index (χ1) is 19.1. The van der Waals surface area contributed by atoms with E-state index in [1.807, 2.05) is 66.7 Å². The van der Waals surface area contributed by atoms with Crippen molar-refractivity contribution in [3.63, 3.8) is 0 Å². The van der Waals surface area contributed by atoms with Crippen molar-refractivity contribution in [3.05, 3.63) is 83.9 Å². The quantitative estimate of drug-likeness (QED) is 0.274. The Kier molecular flexibility index (Phi) is 7.30. The Balaban J connectivity index is 1.09. The summed E-state index contributed by atoms with van der Waals surface area (Å²) in [6, 6.07) is 23.9. The summed E-state index contributed by atoms with van der Waals surface area (Å²) in [4.78, 5) is 36.5. The lowest BCUT2D eigenvalue weighted by Crippen LogP contribution is -2.44. The van der Waals surface area contributed by atoms with Gasteiger partial charge in [0.2, 0.25) is 17.8 Å². The number of anilines is 3. The van der Waals surface area contributed by atoms with Crippen LogP contribution in [-0.4, -0.2) is 28.3 Å². The molecule has 2 aliphatic rings. The zero-order valence-electron chi connectivity index (χ0n) is 22.2. The molecule has 0 bridgehead atoms. The third kappa shape index (κ3) is 5.67. The average Bonchev–Trinajstić information content (AvgIpc) is 3.33. The van der Waals surface area contributed by atoms with E-state index in [1.165, 1.54) is 19.3 Å². The molecule has 1 aliphatic carbocycles. The standard InChI is InChI=1S/C32H35N5O2/c38-30(33-20-22-14-17-25(18-15-22)34-32-35-27-11-5-6-12-28(27)36-32)21-37-29-13-7-4-10-24(29)16-19-26(31(37)39)23-8-2-1-3-9-23/h4-7,10-15,17-18,23,26H,1-3,8-9,16,19-21H2,(H,33,38)(H2,34,35,36). The number of imidazole rings is 1. The van der Waals surface area contributed by atoms with Crippen LogP contribution in [0.3, 0.4) is 0 Å². The Morgan fingerprint density at radius 3 is 2.51 bits per heavy atom. The maximum atomic E-state index is 13.8. The largest absolute Gasteiger partial charge is 0.350 e. The van der Waals surface area contributed by atoms with E-state index in [2.05, 4.69) is 26.7 Å². The van der Waals surface area contributed by atoms with Crippen molar-refractivity contribution in [1.29, 1.82) is 0 Å². The number of carbonyl (C=O) groups is 2. The molecule has 1 aliphatic heterocycles. The minimum atomic E-state index is -0.146. The lowest BCUT2D eigenvalue weighted by atomic mass is 9.77. The summed E-state index contributed by atoms with van der Waals surface area (Å²) in [5.41, 5.74) is 5.83. The average molecular weight is 522 g/mol. The van der Waals surface area contributed by atoms with Gasteiger partial charge in [0.15, 0.2) is 0 Å². The van der Waals surface area contributed by atoms with E-state index in [9.17, 15) is 9.59 Å². The molecule has 0 spiro atoms. The molecular weight excluding hydrogens is 486 g/mol. The van der Waals surface area contributed by atoms with Gasteiger partial charge in [0.1, 0.15) is 6.54 Å². The van der Waals surface area contributed by atoms with Gasteiger partial charge in [-0.3, -0.25) is 9.59 Å². The van der Waals surface area contributed by atoms with Crippen molar-refractivity contribution >= 4 is 40.2 Å². The predicted molar refractivity (Wildman–Crippen MR) is 155 cm³/mol. The molecule has 0 saturated heterocycles. The highest BCUT2D eigenvalue weighted by atomic mass is 16.2. The van der Waals surface area contributed by atoms with Gasteiger partial charge >= 0.3 is 0 Å². The number of aromatic nitrogens is 2. The van der Waals surface area contributed by atoms with Crippen LogP contribution in [-0.2, 0) is 22.6 Å². The Hall–Kier alpha value is -4.13. The van der Waals surface area contributed by atoms with Gasteiger partial charge in [0, 0.05) is 23.8 Å². The summed E-state index contributed by atoms with van der Waals surface area (Å²) in [6.45, 7) is 0.449. The van der Waals surface area contributed by atoms with Crippen LogP contribution >= 0.6 is 0 Å². The van der Waals surface area contributed by atoms with Gasteiger partial charge in [-0.25, -0.2) is 4.98 Å². The molecule has 1 saturated carbocycles. The number of nitrogens with one attached hydrogen (secondary N) is 3. The molecule has 200 valence electrons. The van der Waals surface area contributed by atoms with Gasteiger partial charge in [0.25, 0.3) is 0 Å². The number of nitrogens with zero attached hydrogens (tertiary/aromatic N) is 2. The number of aryl methyl sites for hydroxylation is 1. The Labute approximate surface area is 229 Å². The molecule has 4 aromatic rings. The number of hydrogen-bond donors (Lipinski definition) is 3. The molecule has 1 unspecified atom stereocenters. The summed E-state index contributed by atoms with van der Waals surface area (Å²) in [5.74, 6) is 1.08. The van der Waals surface area contributed by atoms with Gasteiger partial charge in [0.05, 0.1) is 11.0 Å². The van der Waals surface area contributed by atoms with Gasteiger partial charge < -0.3 is 20.5 Å². The molecular formula is C32H35N5O2. The maximum absolute atomic E-state index is 13.8. The Morgan fingerprint density at radius 2 is 1.69 bits per heavy atom. The van der Waals surface area contributed by atoms with Crippen molar-refractivity contribution in [2.24, 2.45) is 11.8 Å². The lowest BCUT2D eigenvalue weighted by Gasteiger charge is -2.32. The zero-order chi connectivity index (χ0) is 26.6. The molecule has 2 amide bonds. The molecule has 7 nitrogen and oxygen atoms in total. The van der Waals surface area contributed by atoms with Crippen molar-refractivity contribution < 1.29 is 9.59 Å². The van der Waals surface area contributed by atoms with Crippen LogP contribution in [0.1, 0.15) is 49.7 Å². The Bertz CT molecular complexity index is 1420. The second-order valence-corrected chi connectivity index (χ2v) is 10.8. The predicted octanol–water partition coefficient (Wildman–Crippen LogP) is 6.10. The van der Waals surface area contributed by atoms with Crippen LogP contribution in [0.15, 0.2) is 72.8 Å². The fourth-order valence-corrected chi connectivity index (χ4v) is 6.13. The number of fused-ring (bicyclic) bond motifs is 2. The van der Waals surface area contributed by atoms with Crippen molar-refractivity contribution in [1.82, 2.24) is 15.3 Å². The summed E-state index contributed by atoms with van der Waals surface area (Å²) in [6.07, 6.45) is 7.66. The maximum Gasteiger partial charge on any atom is 0.240 e. The highest BCUT2D eigenvalue weighted by molar-refractivity contribution is 6.01. The van der Waals surface area contributed by atoms with Crippen LogP contribution in [0.5, 0.6) is 0 Å². The normalized spacial score (nSPS) is 18.0. The molecule has 1 atom stereocenters. The van der Waals surface area contributed by atoms with Crippen LogP contribution < -0.4 is 15.5 Å². The molecule has 3 N–H and O–H groups in total. The Morgan fingerprint density at radius 1 is 0.923 bits per heavy atom. The van der Waals surface area contributed by atoms with E-state index >= 15 is 0 Å². The van der Waals surface area contributed by atoms with Crippen molar-refractivity contribution in [3.8, 4) is 0 Å². The first kappa shape index (κ1) is 25.2. The summed E-state index contributed by atoms with van der Waals surface area (Å²) < 4.78 is 0. The number of benzene rings is 3. The van der Waals surface area contributed by atoms with E-state index in [0.29, 0.717) is 18.4 Å². The van der Waals surface area contributed by atoms with Gasteiger partial charge in [-0.2, -0.15) is 0 Å². The highest BCUT2D eigenvalue weighted by Crippen LogP contribution is 2.38. The van der Waals surface area contributed by atoms with E-state index in [4.69, 9.17) is 0 Å². The van der Waals surface area contributed by atoms with Crippen LogP contribution in [0.25, 0.3) is 11.0 Å². The number of rotatable bonds is 7. The minimum Gasteiger partial charge on any atom is -0.350 e. The van der Waals surface area contributed by atoms with Crippen LogP contribution in [0.4, 0.5) is 17.3 Å². The zero-order valence-corrected chi connectivity index (χ0v) is 22.2. The minimum absolute atomic E-state index is 0.00250. The highest BCUT2D eigenvalue weighted by Gasteiger charge is 2.36. The SMILES string of the molecule is O=C(CN1C(=O)C(C2CCCCC2)CCc2ccccc21)NCc1ccc(Nc2nc3ccccc3[nH]2)cc1. The van der Waals surface area contributed by atoms with Crippen LogP contribution in [0, 0.1) is 11.8 Å². The molecule has 0 radical (unpaired) electrons.